The van der Waals surface area contributed by atoms with Crippen molar-refractivity contribution >= 4 is 38.8 Å². The molecule has 3 aromatic rings. The van der Waals surface area contributed by atoms with E-state index in [9.17, 15) is 13.2 Å². The number of rotatable bonds is 5. The molecule has 1 unspecified atom stereocenters. The van der Waals surface area contributed by atoms with E-state index in [1.165, 1.54) is 12.3 Å². The minimum atomic E-state index is -3.95. The maximum Gasteiger partial charge on any atom is 0.249 e. The summed E-state index contributed by atoms with van der Waals surface area (Å²) in [5.41, 5.74) is 1.52. The zero-order valence-corrected chi connectivity index (χ0v) is 15.1. The lowest BCUT2D eigenvalue weighted by molar-refractivity contribution is 0.112. The van der Waals surface area contributed by atoms with E-state index in [2.05, 4.69) is 11.7 Å². The topological polar surface area (TPSA) is 82.2 Å². The summed E-state index contributed by atoms with van der Waals surface area (Å²) in [6.45, 7) is 6.97. The van der Waals surface area contributed by atoms with Crippen molar-refractivity contribution < 1.29 is 17.7 Å². The van der Waals surface area contributed by atoms with Gasteiger partial charge in [0, 0.05) is 27.7 Å². The van der Waals surface area contributed by atoms with Crippen LogP contribution in [0.5, 0.6) is 0 Å². The Morgan fingerprint density at radius 2 is 2.08 bits per heavy atom. The maximum atomic E-state index is 13.3. The van der Waals surface area contributed by atoms with Crippen LogP contribution >= 0.6 is 11.6 Å². The summed E-state index contributed by atoms with van der Waals surface area (Å²) in [7, 11) is -3.95. The van der Waals surface area contributed by atoms with Gasteiger partial charge in [-0.1, -0.05) is 22.8 Å². The molecule has 0 spiro atoms. The van der Waals surface area contributed by atoms with Crippen LogP contribution in [0.15, 0.2) is 41.6 Å². The molecule has 0 bridgehead atoms. The van der Waals surface area contributed by atoms with E-state index in [1.54, 1.807) is 32.0 Å². The minimum Gasteiger partial charge on any atom is -0.361 e. The van der Waals surface area contributed by atoms with Gasteiger partial charge in [0.15, 0.2) is 6.29 Å². The molecule has 2 heterocycles. The second-order valence-electron chi connectivity index (χ2n) is 5.60. The Labute approximate surface area is 149 Å². The Morgan fingerprint density at radius 3 is 2.64 bits per heavy atom. The van der Waals surface area contributed by atoms with Crippen molar-refractivity contribution in [2.24, 2.45) is 0 Å². The highest BCUT2D eigenvalue weighted by Crippen LogP contribution is 2.34. The Hall–Kier alpha value is -2.38. The van der Waals surface area contributed by atoms with E-state index in [4.69, 9.17) is 16.1 Å². The maximum absolute atomic E-state index is 13.3. The Morgan fingerprint density at radius 1 is 1.36 bits per heavy atom. The van der Waals surface area contributed by atoms with Crippen LogP contribution in [0.25, 0.3) is 10.9 Å². The quantitative estimate of drug-likeness (QED) is 0.498. The van der Waals surface area contributed by atoms with Crippen LogP contribution in [0, 0.1) is 13.8 Å². The smallest absolute Gasteiger partial charge is 0.249 e. The molecule has 0 aliphatic carbocycles. The van der Waals surface area contributed by atoms with Gasteiger partial charge in [0.1, 0.15) is 11.0 Å². The van der Waals surface area contributed by atoms with Gasteiger partial charge < -0.3 is 4.52 Å². The second kappa shape index (κ2) is 6.16. The summed E-state index contributed by atoms with van der Waals surface area (Å²) in [6.07, 6.45) is 3.21. The lowest BCUT2D eigenvalue weighted by atomic mass is 10.1. The van der Waals surface area contributed by atoms with Crippen molar-refractivity contribution in [3.63, 3.8) is 0 Å². The average molecular weight is 379 g/mol. The molecular weight excluding hydrogens is 364 g/mol. The molecule has 0 amide bonds. The second-order valence-corrected chi connectivity index (χ2v) is 7.97. The minimum absolute atomic E-state index is 0.239. The molecular formula is C17H15ClN2O4S. The van der Waals surface area contributed by atoms with Crippen LogP contribution in [0.2, 0.25) is 5.02 Å². The summed E-state index contributed by atoms with van der Waals surface area (Å²) in [4.78, 5) is 11.4. The molecule has 0 aliphatic heterocycles. The summed E-state index contributed by atoms with van der Waals surface area (Å²) >= 11 is 5.97. The van der Waals surface area contributed by atoms with Crippen molar-refractivity contribution in [3.05, 3.63) is 64.7 Å². The van der Waals surface area contributed by atoms with Gasteiger partial charge in [0.2, 0.25) is 10.0 Å². The van der Waals surface area contributed by atoms with E-state index in [1.807, 2.05) is 0 Å². The third-order valence-corrected chi connectivity index (χ3v) is 6.23. The number of fused-ring (bicyclic) bond motifs is 1. The van der Waals surface area contributed by atoms with Crippen LogP contribution in [0.3, 0.4) is 0 Å². The summed E-state index contributed by atoms with van der Waals surface area (Å²) in [5, 5.41) is 3.63. The molecule has 0 aliphatic rings. The molecule has 25 heavy (non-hydrogen) atoms. The van der Waals surface area contributed by atoms with Crippen LogP contribution in [-0.2, 0) is 10.0 Å². The number of aldehydes is 1. The largest absolute Gasteiger partial charge is 0.361 e. The number of nitrogens with zero attached hydrogens (tertiary/aromatic N) is 2. The summed E-state index contributed by atoms with van der Waals surface area (Å²) in [5.74, 6) is 0.404. The SMILES string of the molecule is C=CC(c1c(C)noc1C)S(=O)(=O)n1cc(C=O)c2cc(Cl)ccc21. The monoisotopic (exact) mass is 378 g/mol. The number of carbonyl (C=O) groups excluding carboxylic acids is 1. The predicted molar refractivity (Wildman–Crippen MR) is 95.6 cm³/mol. The van der Waals surface area contributed by atoms with Crippen LogP contribution in [0.1, 0.15) is 32.6 Å². The first-order valence-electron chi connectivity index (χ1n) is 7.36. The molecule has 130 valence electrons. The third-order valence-electron chi connectivity index (χ3n) is 4.07. The van der Waals surface area contributed by atoms with E-state index in [-0.39, 0.29) is 5.56 Å². The average Bonchev–Trinajstić information content (AvgIpc) is 3.10. The van der Waals surface area contributed by atoms with E-state index < -0.39 is 15.3 Å². The zero-order valence-electron chi connectivity index (χ0n) is 13.6. The first-order chi connectivity index (χ1) is 11.8. The number of halogens is 1. The van der Waals surface area contributed by atoms with Gasteiger partial charge in [0.25, 0.3) is 0 Å². The molecule has 0 radical (unpaired) electrons. The van der Waals surface area contributed by atoms with Gasteiger partial charge in [-0.3, -0.25) is 4.79 Å². The molecule has 8 heteroatoms. The fourth-order valence-electron chi connectivity index (χ4n) is 2.91. The van der Waals surface area contributed by atoms with Crippen molar-refractivity contribution in [1.82, 2.24) is 9.13 Å². The number of aromatic nitrogens is 2. The molecule has 1 atom stereocenters. The highest BCUT2D eigenvalue weighted by molar-refractivity contribution is 7.90. The fourth-order valence-corrected chi connectivity index (χ4v) is 4.90. The van der Waals surface area contributed by atoms with Crippen molar-refractivity contribution in [3.8, 4) is 0 Å². The predicted octanol–water partition coefficient (Wildman–Crippen LogP) is 3.82. The molecule has 3 rings (SSSR count). The summed E-state index contributed by atoms with van der Waals surface area (Å²) < 4.78 is 32.7. The lowest BCUT2D eigenvalue weighted by Crippen LogP contribution is -2.20. The van der Waals surface area contributed by atoms with Gasteiger partial charge >= 0.3 is 0 Å². The number of aryl methyl sites for hydroxylation is 2. The molecule has 0 saturated heterocycles. The zero-order chi connectivity index (χ0) is 18.4. The third kappa shape index (κ3) is 2.69. The Balaban J connectivity index is 2.29. The van der Waals surface area contributed by atoms with E-state index in [0.29, 0.717) is 39.2 Å². The van der Waals surface area contributed by atoms with Gasteiger partial charge in [-0.2, -0.15) is 0 Å². The highest BCUT2D eigenvalue weighted by Gasteiger charge is 2.32. The van der Waals surface area contributed by atoms with Crippen LogP contribution in [0.4, 0.5) is 0 Å². The van der Waals surface area contributed by atoms with E-state index >= 15 is 0 Å². The molecule has 2 aromatic heterocycles. The normalized spacial score (nSPS) is 13.1. The molecule has 1 aromatic carbocycles. The Bertz CT molecular complexity index is 1080. The Kier molecular flexibility index (Phi) is 4.30. The van der Waals surface area contributed by atoms with Gasteiger partial charge in [-0.25, -0.2) is 12.4 Å². The lowest BCUT2D eigenvalue weighted by Gasteiger charge is -2.15. The molecule has 6 nitrogen and oxygen atoms in total. The number of hydrogen-bond donors (Lipinski definition) is 0. The van der Waals surface area contributed by atoms with Gasteiger partial charge in [0.05, 0.1) is 11.2 Å². The van der Waals surface area contributed by atoms with Crippen molar-refractivity contribution in [2.45, 2.75) is 19.1 Å². The fraction of sp³-hybridized carbons (Fsp3) is 0.176. The van der Waals surface area contributed by atoms with Crippen LogP contribution in [-0.4, -0.2) is 23.8 Å². The van der Waals surface area contributed by atoms with Crippen molar-refractivity contribution in [1.29, 1.82) is 0 Å². The molecule has 0 fully saturated rings. The molecule has 0 N–H and O–H groups in total. The number of hydrogen-bond acceptors (Lipinski definition) is 5. The van der Waals surface area contributed by atoms with Crippen LogP contribution < -0.4 is 0 Å². The summed E-state index contributed by atoms with van der Waals surface area (Å²) in [6, 6.07) is 4.70. The van der Waals surface area contributed by atoms with E-state index in [0.717, 1.165) is 3.97 Å². The van der Waals surface area contributed by atoms with Crippen molar-refractivity contribution in [2.75, 3.05) is 0 Å². The first-order valence-corrected chi connectivity index (χ1v) is 9.25. The first kappa shape index (κ1) is 17.4. The van der Waals surface area contributed by atoms with Gasteiger partial charge in [-0.15, -0.1) is 6.58 Å². The standard InChI is InChI=1S/C17H15ClN2O4S/c1-4-16(17-10(2)19-24-11(17)3)25(22,23)20-8-12(9-21)14-7-13(18)5-6-15(14)20/h4-9,16H,1H2,2-3H3. The van der Waals surface area contributed by atoms with Gasteiger partial charge in [-0.05, 0) is 32.0 Å². The number of carbonyl (C=O) groups is 1. The number of benzene rings is 1. The highest BCUT2D eigenvalue weighted by atomic mass is 35.5. The molecule has 0 saturated carbocycles.